The van der Waals surface area contributed by atoms with Crippen molar-refractivity contribution in [1.29, 1.82) is 0 Å². The number of methoxy groups -OCH3 is 3. The second-order valence-corrected chi connectivity index (χ2v) is 6.21. The molecule has 2 rings (SSSR count). The highest BCUT2D eigenvalue weighted by atomic mass is 127. The number of hydrogen-bond donors (Lipinski definition) is 2. The number of nitrogens with one attached hydrogen (secondary N) is 2. The summed E-state index contributed by atoms with van der Waals surface area (Å²) in [5, 5.41) is 8.68. The number of thiophene rings is 1. The van der Waals surface area contributed by atoms with Gasteiger partial charge in [0, 0.05) is 24.0 Å². The highest BCUT2D eigenvalue weighted by Crippen LogP contribution is 2.39. The molecular formula is C18H26IN3O3S. The molecule has 8 heteroatoms. The molecule has 1 aromatic carbocycles. The van der Waals surface area contributed by atoms with Gasteiger partial charge < -0.3 is 24.8 Å². The van der Waals surface area contributed by atoms with Crippen molar-refractivity contribution < 1.29 is 14.2 Å². The van der Waals surface area contributed by atoms with Crippen molar-refractivity contribution >= 4 is 41.3 Å². The van der Waals surface area contributed by atoms with Gasteiger partial charge in [-0.3, -0.25) is 4.99 Å². The van der Waals surface area contributed by atoms with Crippen LogP contribution in [0.4, 0.5) is 0 Å². The molecule has 0 fully saturated rings. The lowest BCUT2D eigenvalue weighted by Gasteiger charge is -2.16. The molecule has 1 heterocycles. The monoisotopic (exact) mass is 491 g/mol. The molecule has 2 aromatic rings. The zero-order valence-electron chi connectivity index (χ0n) is 15.5. The Morgan fingerprint density at radius 3 is 2.38 bits per heavy atom. The third-order valence-corrected chi connectivity index (χ3v) is 4.58. The zero-order valence-corrected chi connectivity index (χ0v) is 18.6. The lowest BCUT2D eigenvalue weighted by molar-refractivity contribution is 0.322. The molecule has 0 atom stereocenters. The Morgan fingerprint density at radius 1 is 1.04 bits per heavy atom. The van der Waals surface area contributed by atoms with Crippen LogP contribution in [0, 0.1) is 0 Å². The minimum Gasteiger partial charge on any atom is -0.493 e. The quantitative estimate of drug-likeness (QED) is 0.337. The van der Waals surface area contributed by atoms with Gasteiger partial charge in [0.05, 0.1) is 27.9 Å². The molecule has 0 aliphatic carbocycles. The van der Waals surface area contributed by atoms with Crippen molar-refractivity contribution in [2.45, 2.75) is 13.0 Å². The molecule has 0 amide bonds. The topological polar surface area (TPSA) is 64.1 Å². The van der Waals surface area contributed by atoms with E-state index in [-0.39, 0.29) is 24.0 Å². The Hall–Kier alpha value is -1.68. The number of aliphatic imine (C=N–C) groups is 1. The van der Waals surface area contributed by atoms with Crippen LogP contribution < -0.4 is 24.8 Å². The third-order valence-electron chi connectivity index (χ3n) is 3.71. The second-order valence-electron chi connectivity index (χ2n) is 5.18. The van der Waals surface area contributed by atoms with Crippen LogP contribution in [0.15, 0.2) is 34.6 Å². The molecule has 0 saturated carbocycles. The molecule has 1 aromatic heterocycles. The van der Waals surface area contributed by atoms with Gasteiger partial charge in [-0.1, -0.05) is 12.1 Å². The van der Waals surface area contributed by atoms with Crippen LogP contribution in [-0.4, -0.2) is 40.9 Å². The maximum atomic E-state index is 5.51. The van der Waals surface area contributed by atoms with Gasteiger partial charge in [0.15, 0.2) is 17.5 Å². The van der Waals surface area contributed by atoms with Crippen molar-refractivity contribution in [3.8, 4) is 17.2 Å². The number of halogens is 1. The number of hydrogen-bond acceptors (Lipinski definition) is 5. The van der Waals surface area contributed by atoms with Crippen LogP contribution >= 0.6 is 35.3 Å². The van der Waals surface area contributed by atoms with Crippen LogP contribution in [0.3, 0.4) is 0 Å². The maximum absolute atomic E-state index is 5.51. The summed E-state index contributed by atoms with van der Waals surface area (Å²) >= 11 is 1.72. The van der Waals surface area contributed by atoms with E-state index in [1.807, 2.05) is 18.2 Å². The van der Waals surface area contributed by atoms with Crippen molar-refractivity contribution in [1.82, 2.24) is 10.6 Å². The van der Waals surface area contributed by atoms with E-state index >= 15 is 0 Å². The van der Waals surface area contributed by atoms with E-state index in [0.29, 0.717) is 17.2 Å². The van der Waals surface area contributed by atoms with E-state index in [0.717, 1.165) is 31.0 Å². The average Bonchev–Trinajstić information content (AvgIpc) is 3.17. The average molecular weight is 491 g/mol. The summed E-state index contributed by atoms with van der Waals surface area (Å²) in [4.78, 5) is 5.51. The Kier molecular flexibility index (Phi) is 10.2. The van der Waals surface area contributed by atoms with E-state index in [9.17, 15) is 0 Å². The Balaban J connectivity index is 0.00000338. The summed E-state index contributed by atoms with van der Waals surface area (Å²) < 4.78 is 16.2. The van der Waals surface area contributed by atoms with Gasteiger partial charge in [-0.2, -0.15) is 0 Å². The smallest absolute Gasteiger partial charge is 0.203 e. The SMILES string of the molecule is CN=C(NCCc1ccc(OC)c(OC)c1OC)NCc1cccs1.I. The summed E-state index contributed by atoms with van der Waals surface area (Å²) in [7, 11) is 6.62. The molecule has 0 aliphatic rings. The van der Waals surface area contributed by atoms with Gasteiger partial charge >= 0.3 is 0 Å². The highest BCUT2D eigenvalue weighted by molar-refractivity contribution is 14.0. The Labute approximate surface area is 176 Å². The minimum atomic E-state index is 0. The summed E-state index contributed by atoms with van der Waals surface area (Å²) in [5.74, 6) is 2.74. The third kappa shape index (κ3) is 5.94. The predicted molar refractivity (Wildman–Crippen MR) is 118 cm³/mol. The van der Waals surface area contributed by atoms with Gasteiger partial charge in [0.1, 0.15) is 0 Å². The number of ether oxygens (including phenoxy) is 3. The van der Waals surface area contributed by atoms with E-state index in [1.54, 1.807) is 39.7 Å². The number of benzene rings is 1. The zero-order chi connectivity index (χ0) is 18.1. The fourth-order valence-corrected chi connectivity index (χ4v) is 3.12. The Bertz CT molecular complexity index is 693. The van der Waals surface area contributed by atoms with Crippen molar-refractivity contribution in [2.75, 3.05) is 34.9 Å². The van der Waals surface area contributed by atoms with E-state index in [2.05, 4.69) is 27.1 Å². The molecule has 6 nitrogen and oxygen atoms in total. The van der Waals surface area contributed by atoms with Crippen LogP contribution in [-0.2, 0) is 13.0 Å². The lowest BCUT2D eigenvalue weighted by atomic mass is 10.1. The summed E-state index contributed by atoms with van der Waals surface area (Å²) in [6.07, 6.45) is 0.767. The molecule has 0 radical (unpaired) electrons. The highest BCUT2D eigenvalue weighted by Gasteiger charge is 2.15. The normalized spacial score (nSPS) is 10.7. The van der Waals surface area contributed by atoms with Gasteiger partial charge in [-0.15, -0.1) is 35.3 Å². The standard InChI is InChI=1S/C18H25N3O3S.HI/c1-19-18(21-12-14-6-5-11-25-14)20-10-9-13-7-8-15(22-2)17(24-4)16(13)23-3;/h5-8,11H,9-10,12H2,1-4H3,(H2,19,20,21);1H. The first-order chi connectivity index (χ1) is 12.2. The van der Waals surface area contributed by atoms with Crippen LogP contribution in [0.1, 0.15) is 10.4 Å². The fourth-order valence-electron chi connectivity index (χ4n) is 2.48. The molecule has 0 saturated heterocycles. The van der Waals surface area contributed by atoms with Crippen LogP contribution in [0.2, 0.25) is 0 Å². The van der Waals surface area contributed by atoms with E-state index in [1.165, 1.54) is 4.88 Å². The van der Waals surface area contributed by atoms with Gasteiger partial charge in [-0.25, -0.2) is 0 Å². The minimum absolute atomic E-state index is 0. The van der Waals surface area contributed by atoms with Crippen molar-refractivity contribution in [3.63, 3.8) is 0 Å². The molecule has 0 bridgehead atoms. The van der Waals surface area contributed by atoms with Crippen molar-refractivity contribution in [2.24, 2.45) is 4.99 Å². The second kappa shape index (κ2) is 11.8. The number of nitrogens with zero attached hydrogens (tertiary/aromatic N) is 1. The first-order valence-electron chi connectivity index (χ1n) is 7.98. The molecular weight excluding hydrogens is 465 g/mol. The van der Waals surface area contributed by atoms with Crippen LogP contribution in [0.25, 0.3) is 0 Å². The summed E-state index contributed by atoms with van der Waals surface area (Å²) in [5.41, 5.74) is 1.04. The predicted octanol–water partition coefficient (Wildman–Crippen LogP) is 3.30. The largest absolute Gasteiger partial charge is 0.493 e. The van der Waals surface area contributed by atoms with Gasteiger partial charge in [0.25, 0.3) is 0 Å². The van der Waals surface area contributed by atoms with Crippen LogP contribution in [0.5, 0.6) is 17.2 Å². The maximum Gasteiger partial charge on any atom is 0.203 e. The van der Waals surface area contributed by atoms with E-state index < -0.39 is 0 Å². The fraction of sp³-hybridized carbons (Fsp3) is 0.389. The van der Waals surface area contributed by atoms with E-state index in [4.69, 9.17) is 14.2 Å². The number of rotatable bonds is 8. The molecule has 0 aliphatic heterocycles. The Morgan fingerprint density at radius 2 is 1.81 bits per heavy atom. The molecule has 0 spiro atoms. The molecule has 26 heavy (non-hydrogen) atoms. The summed E-state index contributed by atoms with van der Waals surface area (Å²) in [6.45, 7) is 1.48. The summed E-state index contributed by atoms with van der Waals surface area (Å²) in [6, 6.07) is 8.02. The van der Waals surface area contributed by atoms with Gasteiger partial charge in [-0.05, 0) is 23.9 Å². The first kappa shape index (κ1) is 22.4. The molecule has 144 valence electrons. The first-order valence-corrected chi connectivity index (χ1v) is 8.86. The van der Waals surface area contributed by atoms with Gasteiger partial charge in [0.2, 0.25) is 5.75 Å². The molecule has 0 unspecified atom stereocenters. The van der Waals surface area contributed by atoms with Crippen molar-refractivity contribution in [3.05, 3.63) is 40.1 Å². The molecule has 2 N–H and O–H groups in total. The lowest BCUT2D eigenvalue weighted by Crippen LogP contribution is -2.37. The number of guanidine groups is 1.